The molecule has 0 spiro atoms. The molecule has 1 aromatic carbocycles. The lowest BCUT2D eigenvalue weighted by atomic mass is 10.1. The van der Waals surface area contributed by atoms with Crippen LogP contribution in [0.5, 0.6) is 11.5 Å². The maximum Gasteiger partial charge on any atom is 0.286 e. The molecule has 0 atom stereocenters. The van der Waals surface area contributed by atoms with Crippen molar-refractivity contribution in [3.63, 3.8) is 0 Å². The summed E-state index contributed by atoms with van der Waals surface area (Å²) in [6, 6.07) is 5.22. The maximum absolute atomic E-state index is 12.2. The lowest BCUT2D eigenvalue weighted by Crippen LogP contribution is -2.33. The first-order valence-corrected chi connectivity index (χ1v) is 9.25. The summed E-state index contributed by atoms with van der Waals surface area (Å²) in [4.78, 5) is 30.0. The molecule has 0 unspecified atom stereocenters. The number of likely N-dealkylation sites (tertiary alicyclic amines) is 1. The molecule has 2 aliphatic rings. The van der Waals surface area contributed by atoms with Crippen LogP contribution in [-0.4, -0.2) is 48.7 Å². The molecule has 1 fully saturated rings. The second-order valence-corrected chi connectivity index (χ2v) is 7.03. The number of primary amides is 1. The van der Waals surface area contributed by atoms with Crippen LogP contribution in [0.4, 0.5) is 0 Å². The Hall–Kier alpha value is -2.48. The van der Waals surface area contributed by atoms with Crippen molar-refractivity contribution in [1.29, 1.82) is 0 Å². The van der Waals surface area contributed by atoms with Gasteiger partial charge in [-0.25, -0.2) is 0 Å². The van der Waals surface area contributed by atoms with Gasteiger partial charge in [0.15, 0.2) is 23.3 Å². The highest BCUT2D eigenvalue weighted by Crippen LogP contribution is 2.34. The van der Waals surface area contributed by atoms with Gasteiger partial charge in [0.2, 0.25) is 0 Å². The Morgan fingerprint density at radius 3 is 2.77 bits per heavy atom. The number of rotatable bonds is 5. The van der Waals surface area contributed by atoms with Gasteiger partial charge in [0, 0.05) is 13.1 Å². The largest absolute Gasteiger partial charge is 0.493 e. The normalized spacial score (nSPS) is 18.8. The van der Waals surface area contributed by atoms with Crippen molar-refractivity contribution in [3.05, 3.63) is 28.7 Å². The van der Waals surface area contributed by atoms with Crippen molar-refractivity contribution < 1.29 is 19.1 Å². The predicted molar refractivity (Wildman–Crippen MR) is 101 cm³/mol. The number of aliphatic imine (C=N–C) groups is 1. The lowest BCUT2D eigenvalue weighted by Gasteiger charge is -2.27. The van der Waals surface area contributed by atoms with Crippen molar-refractivity contribution in [2.45, 2.75) is 19.3 Å². The molecule has 0 radical (unpaired) electrons. The van der Waals surface area contributed by atoms with E-state index in [-0.39, 0.29) is 12.5 Å². The summed E-state index contributed by atoms with van der Waals surface area (Å²) >= 11 is 1.41. The van der Waals surface area contributed by atoms with Crippen LogP contribution in [0.2, 0.25) is 0 Å². The molecular formula is C18H21N3O4S. The van der Waals surface area contributed by atoms with Gasteiger partial charge < -0.3 is 20.1 Å². The van der Waals surface area contributed by atoms with Gasteiger partial charge in [0.05, 0.1) is 12.0 Å². The molecule has 3 rings (SSSR count). The molecule has 2 amide bonds. The van der Waals surface area contributed by atoms with Crippen molar-refractivity contribution in [2.24, 2.45) is 10.7 Å². The van der Waals surface area contributed by atoms with Crippen LogP contribution < -0.4 is 15.2 Å². The molecule has 138 valence electrons. The molecule has 0 bridgehead atoms. The molecule has 2 heterocycles. The number of benzene rings is 1. The van der Waals surface area contributed by atoms with Gasteiger partial charge in [0.25, 0.3) is 11.8 Å². The topological polar surface area (TPSA) is 94.2 Å². The number of nitrogens with two attached hydrogens (primary N) is 1. The van der Waals surface area contributed by atoms with Crippen LogP contribution in [-0.2, 0) is 9.59 Å². The minimum atomic E-state index is -0.561. The van der Waals surface area contributed by atoms with E-state index in [4.69, 9.17) is 15.2 Å². The number of carbonyl (C=O) groups is 2. The summed E-state index contributed by atoms with van der Waals surface area (Å²) < 4.78 is 10.6. The van der Waals surface area contributed by atoms with Crippen LogP contribution in [0.25, 0.3) is 6.08 Å². The van der Waals surface area contributed by atoms with Gasteiger partial charge >= 0.3 is 0 Å². The second-order valence-electron chi connectivity index (χ2n) is 6.02. The van der Waals surface area contributed by atoms with E-state index in [0.717, 1.165) is 36.7 Å². The second kappa shape index (κ2) is 8.27. The SMILES string of the molecule is COc1cc(/C=C2\SC(N3CCCCC3)=NC2=O)ccc1OCC(N)=O. The van der Waals surface area contributed by atoms with Gasteiger partial charge in [-0.05, 0) is 54.8 Å². The summed E-state index contributed by atoms with van der Waals surface area (Å²) in [5.74, 6) is 0.106. The van der Waals surface area contributed by atoms with Crippen LogP contribution in [0.15, 0.2) is 28.1 Å². The van der Waals surface area contributed by atoms with Crippen LogP contribution in [0, 0.1) is 0 Å². The molecule has 1 saturated heterocycles. The van der Waals surface area contributed by atoms with Gasteiger partial charge in [-0.2, -0.15) is 4.99 Å². The Kier molecular flexibility index (Phi) is 5.82. The third kappa shape index (κ3) is 4.37. The fourth-order valence-electron chi connectivity index (χ4n) is 2.81. The molecule has 7 nitrogen and oxygen atoms in total. The summed E-state index contributed by atoms with van der Waals surface area (Å²) in [7, 11) is 1.51. The number of amides is 2. The number of piperidine rings is 1. The minimum Gasteiger partial charge on any atom is -0.493 e. The summed E-state index contributed by atoms with van der Waals surface area (Å²) in [6.45, 7) is 1.68. The predicted octanol–water partition coefficient (Wildman–Crippen LogP) is 2.02. The number of hydrogen-bond donors (Lipinski definition) is 1. The first-order chi connectivity index (χ1) is 12.6. The molecule has 2 aliphatic heterocycles. The molecule has 8 heteroatoms. The fraction of sp³-hybridized carbons (Fsp3) is 0.389. The van der Waals surface area contributed by atoms with Crippen LogP contribution in [0.1, 0.15) is 24.8 Å². The number of methoxy groups -OCH3 is 1. The maximum atomic E-state index is 12.2. The number of ether oxygens (including phenoxy) is 2. The first kappa shape index (κ1) is 18.3. The molecule has 0 saturated carbocycles. The van der Waals surface area contributed by atoms with E-state index >= 15 is 0 Å². The molecule has 2 N–H and O–H groups in total. The zero-order chi connectivity index (χ0) is 18.5. The van der Waals surface area contributed by atoms with Crippen molar-refractivity contribution >= 4 is 34.8 Å². The first-order valence-electron chi connectivity index (χ1n) is 8.43. The Morgan fingerprint density at radius 2 is 2.08 bits per heavy atom. The Balaban J connectivity index is 1.73. The Morgan fingerprint density at radius 1 is 1.31 bits per heavy atom. The van der Waals surface area contributed by atoms with E-state index in [0.29, 0.717) is 16.4 Å². The zero-order valence-corrected chi connectivity index (χ0v) is 15.4. The van der Waals surface area contributed by atoms with Crippen LogP contribution in [0.3, 0.4) is 0 Å². The molecule has 26 heavy (non-hydrogen) atoms. The van der Waals surface area contributed by atoms with Crippen molar-refractivity contribution in [3.8, 4) is 11.5 Å². The van der Waals surface area contributed by atoms with Gasteiger partial charge in [-0.1, -0.05) is 6.07 Å². The van der Waals surface area contributed by atoms with E-state index in [1.54, 1.807) is 24.3 Å². The average molecular weight is 375 g/mol. The number of nitrogens with zero attached hydrogens (tertiary/aromatic N) is 2. The third-order valence-corrected chi connectivity index (χ3v) is 5.14. The van der Waals surface area contributed by atoms with E-state index in [1.165, 1.54) is 25.3 Å². The number of hydrogen-bond acceptors (Lipinski definition) is 6. The molecule has 1 aromatic rings. The summed E-state index contributed by atoms with van der Waals surface area (Å²) in [6.07, 6.45) is 5.29. The van der Waals surface area contributed by atoms with E-state index < -0.39 is 5.91 Å². The van der Waals surface area contributed by atoms with Gasteiger partial charge in [0.1, 0.15) is 0 Å². The lowest BCUT2D eigenvalue weighted by molar-refractivity contribution is -0.120. The number of carbonyl (C=O) groups excluding carboxylic acids is 2. The highest BCUT2D eigenvalue weighted by molar-refractivity contribution is 8.18. The average Bonchev–Trinajstić information content (AvgIpc) is 3.01. The summed E-state index contributed by atoms with van der Waals surface area (Å²) in [5.41, 5.74) is 5.88. The van der Waals surface area contributed by atoms with E-state index in [9.17, 15) is 9.59 Å². The third-order valence-electron chi connectivity index (χ3n) is 4.09. The van der Waals surface area contributed by atoms with Gasteiger partial charge in [-0.3, -0.25) is 9.59 Å². The van der Waals surface area contributed by atoms with Crippen LogP contribution >= 0.6 is 11.8 Å². The fourth-order valence-corrected chi connectivity index (χ4v) is 3.78. The van der Waals surface area contributed by atoms with Crippen molar-refractivity contribution in [2.75, 3.05) is 26.8 Å². The quantitative estimate of drug-likeness (QED) is 0.791. The van der Waals surface area contributed by atoms with E-state index in [2.05, 4.69) is 9.89 Å². The molecular weight excluding hydrogens is 354 g/mol. The van der Waals surface area contributed by atoms with Gasteiger partial charge in [-0.15, -0.1) is 0 Å². The van der Waals surface area contributed by atoms with Crippen molar-refractivity contribution in [1.82, 2.24) is 4.90 Å². The molecule has 0 aliphatic carbocycles. The zero-order valence-electron chi connectivity index (χ0n) is 14.6. The summed E-state index contributed by atoms with van der Waals surface area (Å²) in [5, 5.41) is 0.786. The number of amidine groups is 1. The Labute approximate surface area is 156 Å². The smallest absolute Gasteiger partial charge is 0.286 e. The highest BCUT2D eigenvalue weighted by Gasteiger charge is 2.27. The standard InChI is InChI=1S/C18H21N3O4S/c1-24-14-9-12(5-6-13(14)25-11-16(19)22)10-15-17(23)20-18(26-15)21-7-3-2-4-8-21/h5-6,9-10H,2-4,7-8,11H2,1H3,(H2,19,22)/b15-10-. The highest BCUT2D eigenvalue weighted by atomic mass is 32.2. The minimum absolute atomic E-state index is 0.219. The van der Waals surface area contributed by atoms with E-state index in [1.807, 2.05) is 0 Å². The Bertz CT molecular complexity index is 770. The monoisotopic (exact) mass is 375 g/mol. The molecule has 0 aromatic heterocycles. The number of thioether (sulfide) groups is 1.